The number of aryl methyl sites for hydroxylation is 1. The molecule has 0 aliphatic rings. The second-order valence-electron chi connectivity index (χ2n) is 4.63. The average Bonchev–Trinajstić information content (AvgIpc) is 2.40. The van der Waals surface area contributed by atoms with E-state index in [0.29, 0.717) is 5.56 Å². The number of halogens is 2. The first kappa shape index (κ1) is 13.7. The monoisotopic (exact) mass is 261 g/mol. The maximum atomic E-state index is 13.5. The molecule has 19 heavy (non-hydrogen) atoms. The minimum atomic E-state index is -0.794. The Balaban J connectivity index is 2.13. The third-order valence-electron chi connectivity index (χ3n) is 3.15. The molecule has 2 aromatic rings. The van der Waals surface area contributed by atoms with Gasteiger partial charge in [0.25, 0.3) is 0 Å². The summed E-state index contributed by atoms with van der Waals surface area (Å²) in [6.45, 7) is 2.17. The van der Waals surface area contributed by atoms with Gasteiger partial charge >= 0.3 is 0 Å². The van der Waals surface area contributed by atoms with Gasteiger partial charge in [-0.15, -0.1) is 0 Å². The van der Waals surface area contributed by atoms with E-state index in [4.69, 9.17) is 0 Å². The molecule has 0 saturated heterocycles. The second kappa shape index (κ2) is 6.41. The molecular weight excluding hydrogens is 244 g/mol. The molecule has 3 heteroatoms. The molecule has 0 bridgehead atoms. The van der Waals surface area contributed by atoms with Gasteiger partial charge in [0.1, 0.15) is 0 Å². The van der Waals surface area contributed by atoms with E-state index in [0.717, 1.165) is 12.0 Å². The van der Waals surface area contributed by atoms with Gasteiger partial charge in [-0.3, -0.25) is 0 Å². The van der Waals surface area contributed by atoms with Crippen molar-refractivity contribution in [3.8, 4) is 11.1 Å². The van der Waals surface area contributed by atoms with Crippen molar-refractivity contribution < 1.29 is 8.78 Å². The minimum absolute atomic E-state index is 0.335. The summed E-state index contributed by atoms with van der Waals surface area (Å²) >= 11 is 0. The highest BCUT2D eigenvalue weighted by atomic mass is 19.1. The Labute approximate surface area is 112 Å². The van der Waals surface area contributed by atoms with Crippen LogP contribution in [0.1, 0.15) is 31.7 Å². The van der Waals surface area contributed by atoms with Crippen LogP contribution in [-0.2, 0) is 6.42 Å². The molecule has 0 fully saturated rings. The molecule has 0 amide bonds. The SMILES string of the molecule is CCCCCc1ccc(-c2ccc(F)nc2F)cc1. The van der Waals surface area contributed by atoms with Gasteiger partial charge in [-0.25, -0.2) is 0 Å². The number of hydrogen-bond acceptors (Lipinski definition) is 1. The van der Waals surface area contributed by atoms with Gasteiger partial charge in [0.15, 0.2) is 0 Å². The summed E-state index contributed by atoms with van der Waals surface area (Å²) in [5.41, 5.74) is 2.30. The van der Waals surface area contributed by atoms with Crippen molar-refractivity contribution in [2.75, 3.05) is 0 Å². The van der Waals surface area contributed by atoms with Crippen molar-refractivity contribution in [3.63, 3.8) is 0 Å². The lowest BCUT2D eigenvalue weighted by Gasteiger charge is -2.05. The highest BCUT2D eigenvalue weighted by Crippen LogP contribution is 2.22. The number of hydrogen-bond donors (Lipinski definition) is 0. The normalized spacial score (nSPS) is 10.7. The first-order valence-electron chi connectivity index (χ1n) is 6.62. The molecule has 0 unspecified atom stereocenters. The van der Waals surface area contributed by atoms with Crippen LogP contribution in [0.4, 0.5) is 8.78 Å². The van der Waals surface area contributed by atoms with Crippen molar-refractivity contribution in [2.45, 2.75) is 32.6 Å². The zero-order valence-electron chi connectivity index (χ0n) is 11.0. The third-order valence-corrected chi connectivity index (χ3v) is 3.15. The van der Waals surface area contributed by atoms with Crippen LogP contribution in [0.3, 0.4) is 0 Å². The molecule has 1 nitrogen and oxygen atoms in total. The summed E-state index contributed by atoms with van der Waals surface area (Å²) in [5.74, 6) is -1.56. The lowest BCUT2D eigenvalue weighted by atomic mass is 10.0. The van der Waals surface area contributed by atoms with E-state index in [1.807, 2.05) is 24.3 Å². The predicted molar refractivity (Wildman–Crippen MR) is 72.8 cm³/mol. The topological polar surface area (TPSA) is 12.9 Å². The summed E-state index contributed by atoms with van der Waals surface area (Å²) in [7, 11) is 0. The van der Waals surface area contributed by atoms with Gasteiger partial charge in [-0.05, 0) is 36.1 Å². The summed E-state index contributed by atoms with van der Waals surface area (Å²) in [5, 5.41) is 0. The molecule has 0 radical (unpaired) electrons. The Bertz CT molecular complexity index is 535. The molecule has 0 saturated carbocycles. The number of benzene rings is 1. The molecular formula is C16H17F2N. The Hall–Kier alpha value is -1.77. The molecule has 100 valence electrons. The second-order valence-corrected chi connectivity index (χ2v) is 4.63. The number of rotatable bonds is 5. The summed E-state index contributed by atoms with van der Waals surface area (Å²) in [4.78, 5) is 3.20. The van der Waals surface area contributed by atoms with Crippen LogP contribution in [-0.4, -0.2) is 4.98 Å². The van der Waals surface area contributed by atoms with E-state index in [-0.39, 0.29) is 0 Å². The first-order chi connectivity index (χ1) is 9.20. The number of aromatic nitrogens is 1. The lowest BCUT2D eigenvalue weighted by molar-refractivity contribution is 0.515. The molecule has 0 spiro atoms. The van der Waals surface area contributed by atoms with E-state index in [1.54, 1.807) is 0 Å². The van der Waals surface area contributed by atoms with Gasteiger partial charge in [0.05, 0.1) is 0 Å². The predicted octanol–water partition coefficient (Wildman–Crippen LogP) is 4.76. The Morgan fingerprint density at radius 2 is 1.68 bits per heavy atom. The van der Waals surface area contributed by atoms with Crippen molar-refractivity contribution in [3.05, 3.63) is 53.9 Å². The smallest absolute Gasteiger partial charge is 0.190 e. The van der Waals surface area contributed by atoms with Gasteiger partial charge in [0, 0.05) is 5.56 Å². The number of pyridine rings is 1. The zero-order valence-corrected chi connectivity index (χ0v) is 11.0. The maximum Gasteiger partial charge on any atom is 0.223 e. The van der Waals surface area contributed by atoms with E-state index < -0.39 is 11.9 Å². The standard InChI is InChI=1S/C16H17F2N/c1-2-3-4-5-12-6-8-13(9-7-12)14-10-11-15(17)19-16(14)18/h6-11H,2-5H2,1H3. The summed E-state index contributed by atoms with van der Waals surface area (Å²) in [6.07, 6.45) is 4.63. The van der Waals surface area contributed by atoms with Crippen LogP contribution in [0.5, 0.6) is 0 Å². The largest absolute Gasteiger partial charge is 0.223 e. The summed E-state index contributed by atoms with van der Waals surface area (Å²) < 4.78 is 26.3. The Morgan fingerprint density at radius 3 is 2.32 bits per heavy atom. The summed E-state index contributed by atoms with van der Waals surface area (Å²) in [6, 6.07) is 10.3. The van der Waals surface area contributed by atoms with E-state index >= 15 is 0 Å². The fourth-order valence-corrected chi connectivity index (χ4v) is 2.06. The van der Waals surface area contributed by atoms with E-state index in [1.165, 1.54) is 37.0 Å². The fourth-order valence-electron chi connectivity index (χ4n) is 2.06. The van der Waals surface area contributed by atoms with E-state index in [9.17, 15) is 8.78 Å². The number of nitrogens with zero attached hydrogens (tertiary/aromatic N) is 1. The number of unbranched alkanes of at least 4 members (excludes halogenated alkanes) is 2. The Kier molecular flexibility index (Phi) is 4.61. The van der Waals surface area contributed by atoms with Crippen LogP contribution in [0.2, 0.25) is 0 Å². The zero-order chi connectivity index (χ0) is 13.7. The molecule has 0 aliphatic carbocycles. The van der Waals surface area contributed by atoms with Crippen LogP contribution >= 0.6 is 0 Å². The Morgan fingerprint density at radius 1 is 0.947 bits per heavy atom. The van der Waals surface area contributed by atoms with Crippen molar-refractivity contribution in [1.29, 1.82) is 0 Å². The van der Waals surface area contributed by atoms with Crippen LogP contribution in [0.25, 0.3) is 11.1 Å². The quantitative estimate of drug-likeness (QED) is 0.558. The van der Waals surface area contributed by atoms with Gasteiger partial charge < -0.3 is 0 Å². The highest BCUT2D eigenvalue weighted by Gasteiger charge is 2.07. The molecule has 1 aromatic carbocycles. The average molecular weight is 261 g/mol. The van der Waals surface area contributed by atoms with Gasteiger partial charge in [-0.2, -0.15) is 13.8 Å². The van der Waals surface area contributed by atoms with Crippen molar-refractivity contribution in [1.82, 2.24) is 4.98 Å². The first-order valence-corrected chi connectivity index (χ1v) is 6.62. The van der Waals surface area contributed by atoms with Gasteiger partial charge in [0.2, 0.25) is 11.9 Å². The minimum Gasteiger partial charge on any atom is -0.190 e. The van der Waals surface area contributed by atoms with Crippen molar-refractivity contribution in [2.24, 2.45) is 0 Å². The molecule has 0 aliphatic heterocycles. The third kappa shape index (κ3) is 3.60. The lowest BCUT2D eigenvalue weighted by Crippen LogP contribution is -1.92. The molecule has 2 rings (SSSR count). The van der Waals surface area contributed by atoms with E-state index in [2.05, 4.69) is 11.9 Å². The van der Waals surface area contributed by atoms with Crippen LogP contribution < -0.4 is 0 Å². The molecule has 1 heterocycles. The van der Waals surface area contributed by atoms with Gasteiger partial charge in [-0.1, -0.05) is 44.0 Å². The maximum absolute atomic E-state index is 13.5. The van der Waals surface area contributed by atoms with Crippen LogP contribution in [0.15, 0.2) is 36.4 Å². The fraction of sp³-hybridized carbons (Fsp3) is 0.312. The highest BCUT2D eigenvalue weighted by molar-refractivity contribution is 5.63. The van der Waals surface area contributed by atoms with Crippen LogP contribution in [0, 0.1) is 11.9 Å². The molecule has 0 N–H and O–H groups in total. The van der Waals surface area contributed by atoms with Crippen molar-refractivity contribution >= 4 is 0 Å². The molecule has 0 atom stereocenters. The molecule has 1 aromatic heterocycles.